The third kappa shape index (κ3) is 2.55. The van der Waals surface area contributed by atoms with E-state index >= 15 is 4.39 Å². The van der Waals surface area contributed by atoms with Crippen molar-refractivity contribution in [2.45, 2.75) is 18.9 Å². The van der Waals surface area contributed by atoms with Crippen LogP contribution in [0.4, 0.5) is 10.1 Å². The summed E-state index contributed by atoms with van der Waals surface area (Å²) in [5.41, 5.74) is 0.488. The van der Waals surface area contributed by atoms with Crippen LogP contribution in [0.5, 0.6) is 11.5 Å². The first kappa shape index (κ1) is 18.9. The lowest BCUT2D eigenvalue weighted by Gasteiger charge is -2.25. The molecule has 2 N–H and O–H groups in total. The second kappa shape index (κ2) is 6.58. The summed E-state index contributed by atoms with van der Waals surface area (Å²) in [5, 5.41) is 23.6. The van der Waals surface area contributed by atoms with Crippen LogP contribution in [-0.4, -0.2) is 43.0 Å². The van der Waals surface area contributed by atoms with E-state index in [1.807, 2.05) is 15.5 Å². The molecule has 2 aliphatic heterocycles. The number of aromatic hydroxyl groups is 1. The fraction of sp³-hybridized carbons (Fsp3) is 0.455. The van der Waals surface area contributed by atoms with Gasteiger partial charge in [0.25, 0.3) is 0 Å². The lowest BCUT2D eigenvalue weighted by atomic mass is 10.0. The molecular weight excluding hydrogens is 419 g/mol. The largest absolute Gasteiger partial charge is 0.505 e. The molecule has 7 nitrogen and oxygen atoms in total. The predicted molar refractivity (Wildman–Crippen MR) is 117 cm³/mol. The highest BCUT2D eigenvalue weighted by atomic mass is 32.1. The zero-order valence-corrected chi connectivity index (χ0v) is 17.8. The molecule has 1 saturated carbocycles. The number of rotatable bonds is 3. The van der Waals surface area contributed by atoms with Crippen molar-refractivity contribution in [1.29, 1.82) is 5.26 Å². The van der Waals surface area contributed by atoms with Crippen LogP contribution in [0.15, 0.2) is 10.9 Å². The molecular formula is C22H21FN4O3S. The standard InChI is InChI=1S/C22H21FN4O3S/c1-30-21-17-13(4-14(23)18(21)26-8-10-6-25-7-11(10)9-26)19(28)16-20(29)15(5-24)31-22(16)27(17)12-2-3-12/h4,10-12,25,29H,2-3,6-9H2,1H3. The number of hydrogen-bond acceptors (Lipinski definition) is 7. The summed E-state index contributed by atoms with van der Waals surface area (Å²) in [4.78, 5) is 16.0. The highest BCUT2D eigenvalue weighted by molar-refractivity contribution is 7.19. The molecule has 2 unspecified atom stereocenters. The van der Waals surface area contributed by atoms with Gasteiger partial charge in [-0.2, -0.15) is 5.26 Å². The quantitative estimate of drug-likeness (QED) is 0.651. The molecule has 2 atom stereocenters. The molecule has 160 valence electrons. The lowest BCUT2D eigenvalue weighted by Crippen LogP contribution is -2.27. The van der Waals surface area contributed by atoms with Crippen molar-refractivity contribution in [2.24, 2.45) is 11.8 Å². The van der Waals surface area contributed by atoms with E-state index in [1.54, 1.807) is 0 Å². The van der Waals surface area contributed by atoms with Crippen molar-refractivity contribution >= 4 is 38.1 Å². The monoisotopic (exact) mass is 440 g/mol. The van der Waals surface area contributed by atoms with Gasteiger partial charge >= 0.3 is 0 Å². The number of nitrogens with zero attached hydrogens (tertiary/aromatic N) is 3. The highest BCUT2D eigenvalue weighted by Gasteiger charge is 2.39. The van der Waals surface area contributed by atoms with Crippen molar-refractivity contribution in [1.82, 2.24) is 9.88 Å². The number of aromatic nitrogens is 1. The molecule has 2 aromatic heterocycles. The number of hydrogen-bond donors (Lipinski definition) is 2. The molecule has 31 heavy (non-hydrogen) atoms. The summed E-state index contributed by atoms with van der Waals surface area (Å²) in [7, 11) is 1.51. The molecule has 4 heterocycles. The number of halogens is 1. The molecule has 0 amide bonds. The molecule has 0 radical (unpaired) electrons. The second-order valence-corrected chi connectivity index (χ2v) is 9.72. The number of nitriles is 1. The van der Waals surface area contributed by atoms with E-state index < -0.39 is 11.2 Å². The van der Waals surface area contributed by atoms with E-state index in [2.05, 4.69) is 5.32 Å². The Morgan fingerprint density at radius 1 is 1.32 bits per heavy atom. The van der Waals surface area contributed by atoms with E-state index in [1.165, 1.54) is 13.2 Å². The van der Waals surface area contributed by atoms with Crippen LogP contribution in [-0.2, 0) is 0 Å². The van der Waals surface area contributed by atoms with Crippen LogP contribution in [0, 0.1) is 29.0 Å². The molecule has 9 heteroatoms. The third-order valence-corrected chi connectivity index (χ3v) is 7.98. The van der Waals surface area contributed by atoms with Crippen molar-refractivity contribution in [3.63, 3.8) is 0 Å². The van der Waals surface area contributed by atoms with E-state index in [0.717, 1.165) is 50.4 Å². The molecule has 1 aliphatic carbocycles. The maximum Gasteiger partial charge on any atom is 0.202 e. The number of thiophene rings is 1. The first-order valence-electron chi connectivity index (χ1n) is 10.5. The molecule has 3 aliphatic rings. The summed E-state index contributed by atoms with van der Waals surface area (Å²) in [6.07, 6.45) is 1.84. The molecule has 6 rings (SSSR count). The fourth-order valence-corrected chi connectivity index (χ4v) is 6.39. The number of pyridine rings is 1. The average molecular weight is 441 g/mol. The zero-order valence-electron chi connectivity index (χ0n) is 16.9. The van der Waals surface area contributed by atoms with E-state index in [-0.39, 0.29) is 27.4 Å². The Morgan fingerprint density at radius 2 is 2.03 bits per heavy atom. The van der Waals surface area contributed by atoms with Crippen LogP contribution >= 0.6 is 11.3 Å². The summed E-state index contributed by atoms with van der Waals surface area (Å²) in [6.45, 7) is 3.34. The topological polar surface area (TPSA) is 90.5 Å². The Bertz CT molecular complexity index is 1340. The Labute approximate surface area is 181 Å². The molecule has 0 spiro atoms. The van der Waals surface area contributed by atoms with Gasteiger partial charge in [0.2, 0.25) is 5.43 Å². The summed E-state index contributed by atoms with van der Waals surface area (Å²) in [6, 6.07) is 3.38. The van der Waals surface area contributed by atoms with Crippen molar-refractivity contribution in [2.75, 3.05) is 38.2 Å². The van der Waals surface area contributed by atoms with E-state index in [4.69, 9.17) is 4.74 Å². The van der Waals surface area contributed by atoms with Gasteiger partial charge < -0.3 is 24.6 Å². The Morgan fingerprint density at radius 3 is 2.65 bits per heavy atom. The van der Waals surface area contributed by atoms with Gasteiger partial charge in [0.05, 0.1) is 18.0 Å². The zero-order chi connectivity index (χ0) is 21.4. The summed E-state index contributed by atoms with van der Waals surface area (Å²) < 4.78 is 23.3. The van der Waals surface area contributed by atoms with Gasteiger partial charge in [-0.3, -0.25) is 4.79 Å². The second-order valence-electron chi connectivity index (χ2n) is 8.72. The van der Waals surface area contributed by atoms with E-state index in [9.17, 15) is 15.2 Å². The smallest absolute Gasteiger partial charge is 0.202 e. The number of anilines is 1. The Balaban J connectivity index is 1.69. The van der Waals surface area contributed by atoms with Crippen molar-refractivity contribution < 1.29 is 14.2 Å². The number of ether oxygens (including phenoxy) is 1. The molecule has 1 aromatic carbocycles. The van der Waals surface area contributed by atoms with Crippen molar-refractivity contribution in [3.05, 3.63) is 27.0 Å². The third-order valence-electron chi connectivity index (χ3n) is 6.90. The maximum atomic E-state index is 15.5. The Kier molecular flexibility index (Phi) is 4.01. The van der Waals surface area contributed by atoms with Gasteiger partial charge in [0.1, 0.15) is 26.9 Å². The number of nitrogens with one attached hydrogen (secondary N) is 1. The molecule has 2 saturated heterocycles. The number of fused-ring (bicyclic) bond motifs is 3. The van der Waals surface area contributed by atoms with Crippen molar-refractivity contribution in [3.8, 4) is 17.6 Å². The van der Waals surface area contributed by atoms with E-state index in [0.29, 0.717) is 33.6 Å². The first-order valence-corrected chi connectivity index (χ1v) is 11.3. The maximum absolute atomic E-state index is 15.5. The van der Waals surface area contributed by atoms with Crippen LogP contribution < -0.4 is 20.4 Å². The van der Waals surface area contributed by atoms with Crippen LogP contribution in [0.3, 0.4) is 0 Å². The Hall–Kier alpha value is -2.83. The number of methoxy groups -OCH3 is 1. The lowest BCUT2D eigenvalue weighted by molar-refractivity contribution is 0.413. The molecule has 3 aromatic rings. The molecule has 0 bridgehead atoms. The van der Waals surface area contributed by atoms with Gasteiger partial charge in [-0.1, -0.05) is 0 Å². The normalized spacial score (nSPS) is 22.9. The molecule has 3 fully saturated rings. The minimum Gasteiger partial charge on any atom is -0.505 e. The van der Waals surface area contributed by atoms with Gasteiger partial charge in [0.15, 0.2) is 17.3 Å². The highest BCUT2D eigenvalue weighted by Crippen LogP contribution is 2.49. The van der Waals surface area contributed by atoms with Gasteiger partial charge in [0, 0.05) is 32.2 Å². The van der Waals surface area contributed by atoms with Gasteiger partial charge in [-0.25, -0.2) is 4.39 Å². The first-order chi connectivity index (χ1) is 15.0. The predicted octanol–water partition coefficient (Wildman–Crippen LogP) is 2.93. The summed E-state index contributed by atoms with van der Waals surface area (Å²) in [5.74, 6) is 0.499. The van der Waals surface area contributed by atoms with Crippen LogP contribution in [0.25, 0.3) is 21.1 Å². The van der Waals surface area contributed by atoms with Crippen LogP contribution in [0.2, 0.25) is 0 Å². The minimum atomic E-state index is -0.494. The van der Waals surface area contributed by atoms with Gasteiger partial charge in [-0.15, -0.1) is 11.3 Å². The fourth-order valence-electron chi connectivity index (χ4n) is 5.32. The number of benzene rings is 1. The summed E-state index contributed by atoms with van der Waals surface area (Å²) >= 11 is 1.10. The van der Waals surface area contributed by atoms with Gasteiger partial charge in [-0.05, 0) is 30.7 Å². The van der Waals surface area contributed by atoms with Crippen LogP contribution in [0.1, 0.15) is 23.8 Å². The minimum absolute atomic E-state index is 0.0938. The SMILES string of the molecule is COc1c(N2CC3CNCC3C2)c(F)cc2c(=O)c3c(O)c(C#N)sc3n(C3CC3)c12. The average Bonchev–Trinajstić information content (AvgIpc) is 3.21.